The average Bonchev–Trinajstić information content (AvgIpc) is 3.03. The molecule has 0 saturated carbocycles. The first-order chi connectivity index (χ1) is 13.8. The number of hydrogen-bond donors (Lipinski definition) is 1. The molecular weight excluding hydrogens is 390 g/mol. The van der Waals surface area contributed by atoms with Crippen LogP contribution in [0.25, 0.3) is 0 Å². The third kappa shape index (κ3) is 2.74. The van der Waals surface area contributed by atoms with E-state index < -0.39 is 11.6 Å². The summed E-state index contributed by atoms with van der Waals surface area (Å²) < 4.78 is 0. The summed E-state index contributed by atoms with van der Waals surface area (Å²) in [6, 6.07) is 11.9. The summed E-state index contributed by atoms with van der Waals surface area (Å²) >= 11 is 6.20. The Bertz CT molecular complexity index is 1040. The van der Waals surface area contributed by atoms with Crippen LogP contribution in [0.5, 0.6) is 0 Å². The van der Waals surface area contributed by atoms with E-state index >= 15 is 0 Å². The molecule has 29 heavy (non-hydrogen) atoms. The van der Waals surface area contributed by atoms with Crippen LogP contribution >= 0.6 is 11.6 Å². The summed E-state index contributed by atoms with van der Waals surface area (Å²) in [7, 11) is 0. The van der Waals surface area contributed by atoms with Crippen molar-refractivity contribution in [1.29, 1.82) is 0 Å². The van der Waals surface area contributed by atoms with E-state index in [0.29, 0.717) is 22.0 Å². The number of hydrogen-bond acceptors (Lipinski definition) is 3. The van der Waals surface area contributed by atoms with Crippen molar-refractivity contribution < 1.29 is 14.4 Å². The molecule has 2 aliphatic rings. The lowest BCUT2D eigenvalue weighted by Crippen LogP contribution is -2.70. The van der Waals surface area contributed by atoms with Crippen LogP contribution < -0.4 is 10.2 Å². The van der Waals surface area contributed by atoms with Crippen LogP contribution in [0.15, 0.2) is 42.5 Å². The van der Waals surface area contributed by atoms with E-state index in [-0.39, 0.29) is 30.7 Å². The zero-order valence-corrected chi connectivity index (χ0v) is 17.3. The molecule has 4 rings (SSSR count). The van der Waals surface area contributed by atoms with Crippen molar-refractivity contribution in [2.24, 2.45) is 0 Å². The zero-order valence-electron chi connectivity index (χ0n) is 16.5. The molecule has 1 saturated heterocycles. The fraction of sp³-hybridized carbons (Fsp3) is 0.318. The fourth-order valence-electron chi connectivity index (χ4n) is 4.37. The van der Waals surface area contributed by atoms with Gasteiger partial charge in [0.05, 0.1) is 11.3 Å². The molecule has 2 aromatic carbocycles. The Morgan fingerprint density at radius 1 is 1.14 bits per heavy atom. The van der Waals surface area contributed by atoms with Gasteiger partial charge in [0.15, 0.2) is 0 Å². The highest BCUT2D eigenvalue weighted by Gasteiger charge is 2.61. The van der Waals surface area contributed by atoms with E-state index in [1.54, 1.807) is 42.5 Å². The van der Waals surface area contributed by atoms with Crippen molar-refractivity contribution in [3.05, 3.63) is 58.6 Å². The average molecular weight is 412 g/mol. The highest BCUT2D eigenvalue weighted by Crippen LogP contribution is 2.46. The third-order valence-electron chi connectivity index (χ3n) is 5.70. The maximum atomic E-state index is 13.7. The van der Waals surface area contributed by atoms with Crippen LogP contribution in [0, 0.1) is 6.92 Å². The van der Waals surface area contributed by atoms with Gasteiger partial charge in [-0.15, -0.1) is 0 Å². The molecule has 0 bridgehead atoms. The molecule has 0 aromatic heterocycles. The Morgan fingerprint density at radius 2 is 1.86 bits per heavy atom. The number of rotatable bonds is 3. The first kappa shape index (κ1) is 19.5. The number of nitrogens with one attached hydrogen (secondary N) is 1. The van der Waals surface area contributed by atoms with Crippen molar-refractivity contribution in [3.63, 3.8) is 0 Å². The van der Waals surface area contributed by atoms with Gasteiger partial charge in [-0.1, -0.05) is 29.8 Å². The van der Waals surface area contributed by atoms with E-state index in [1.807, 2.05) is 20.8 Å². The number of carbonyl (C=O) groups is 3. The van der Waals surface area contributed by atoms with Crippen molar-refractivity contribution in [2.45, 2.75) is 45.3 Å². The summed E-state index contributed by atoms with van der Waals surface area (Å²) in [6.07, 6.45) is 0.419. The Kier molecular flexibility index (Phi) is 4.62. The van der Waals surface area contributed by atoms with Crippen molar-refractivity contribution >= 4 is 40.7 Å². The molecule has 1 N–H and O–H groups in total. The molecule has 150 valence electrons. The third-order valence-corrected chi connectivity index (χ3v) is 6.10. The molecule has 0 aliphatic carbocycles. The number of halogens is 1. The van der Waals surface area contributed by atoms with Gasteiger partial charge < -0.3 is 10.2 Å². The van der Waals surface area contributed by atoms with E-state index in [2.05, 4.69) is 5.32 Å². The standard InChI is InChI=1S/C22H22ClN3O3/c1-13(2)25-20(28)15-7-4-5-10-18(15)26-19(27)11-12-22(25,26)21(29)24-17-9-6-8-16(23)14(17)3/h4-10,13H,11-12H2,1-3H3,(H,24,29)/t22-/m0/s1. The van der Waals surface area contributed by atoms with Gasteiger partial charge in [0, 0.05) is 29.6 Å². The molecule has 2 aliphatic heterocycles. The maximum Gasteiger partial charge on any atom is 0.271 e. The van der Waals surface area contributed by atoms with Crippen LogP contribution in [-0.4, -0.2) is 34.3 Å². The number of anilines is 2. The van der Waals surface area contributed by atoms with Crippen LogP contribution in [-0.2, 0) is 9.59 Å². The van der Waals surface area contributed by atoms with Gasteiger partial charge in [-0.05, 0) is 50.6 Å². The number of carbonyl (C=O) groups excluding carboxylic acids is 3. The highest BCUT2D eigenvalue weighted by atomic mass is 35.5. The quantitative estimate of drug-likeness (QED) is 0.830. The molecule has 3 amide bonds. The Labute approximate surface area is 174 Å². The molecular formula is C22H22ClN3O3. The number of para-hydroxylation sites is 1. The highest BCUT2D eigenvalue weighted by molar-refractivity contribution is 6.31. The molecule has 1 fully saturated rings. The largest absolute Gasteiger partial charge is 0.322 e. The second-order valence-corrected chi connectivity index (χ2v) is 8.11. The first-order valence-electron chi connectivity index (χ1n) is 9.61. The van der Waals surface area contributed by atoms with Gasteiger partial charge in [0.1, 0.15) is 0 Å². The van der Waals surface area contributed by atoms with Gasteiger partial charge in [0.2, 0.25) is 11.6 Å². The van der Waals surface area contributed by atoms with Crippen LogP contribution in [0.4, 0.5) is 11.4 Å². The molecule has 1 atom stereocenters. The summed E-state index contributed by atoms with van der Waals surface area (Å²) in [6.45, 7) is 5.52. The van der Waals surface area contributed by atoms with E-state index in [0.717, 1.165) is 5.56 Å². The lowest BCUT2D eigenvalue weighted by atomic mass is 9.93. The van der Waals surface area contributed by atoms with Gasteiger partial charge in [-0.3, -0.25) is 19.3 Å². The smallest absolute Gasteiger partial charge is 0.271 e. The maximum absolute atomic E-state index is 13.7. The van der Waals surface area contributed by atoms with Crippen molar-refractivity contribution in [2.75, 3.05) is 10.2 Å². The van der Waals surface area contributed by atoms with Gasteiger partial charge in [0.25, 0.3) is 11.8 Å². The minimum Gasteiger partial charge on any atom is -0.322 e. The summed E-state index contributed by atoms with van der Waals surface area (Å²) in [5, 5.41) is 3.46. The van der Waals surface area contributed by atoms with Crippen LogP contribution in [0.2, 0.25) is 5.02 Å². The number of benzene rings is 2. The number of fused-ring (bicyclic) bond motifs is 3. The van der Waals surface area contributed by atoms with E-state index in [9.17, 15) is 14.4 Å². The number of amides is 3. The topological polar surface area (TPSA) is 69.7 Å². The summed E-state index contributed by atoms with van der Waals surface area (Å²) in [5.41, 5.74) is 0.791. The van der Waals surface area contributed by atoms with Crippen molar-refractivity contribution in [1.82, 2.24) is 4.90 Å². The SMILES string of the molecule is Cc1c(Cl)cccc1NC(=O)[C@]12CCC(=O)N1c1ccccc1C(=O)N2C(C)C. The predicted molar refractivity (Wildman–Crippen MR) is 112 cm³/mol. The monoisotopic (exact) mass is 411 g/mol. The normalized spacial score (nSPS) is 20.7. The summed E-state index contributed by atoms with van der Waals surface area (Å²) in [5.74, 6) is -0.835. The predicted octanol–water partition coefficient (Wildman–Crippen LogP) is 3.97. The Morgan fingerprint density at radius 3 is 2.59 bits per heavy atom. The van der Waals surface area contributed by atoms with Gasteiger partial charge >= 0.3 is 0 Å². The zero-order chi connectivity index (χ0) is 20.9. The van der Waals surface area contributed by atoms with Crippen LogP contribution in [0.1, 0.15) is 42.6 Å². The fourth-order valence-corrected chi connectivity index (χ4v) is 4.55. The van der Waals surface area contributed by atoms with Gasteiger partial charge in [-0.25, -0.2) is 0 Å². The Hall–Kier alpha value is -2.86. The number of nitrogens with zero attached hydrogens (tertiary/aromatic N) is 2. The van der Waals surface area contributed by atoms with Crippen LogP contribution in [0.3, 0.4) is 0 Å². The minimum atomic E-state index is -1.41. The second-order valence-electron chi connectivity index (χ2n) is 7.70. The van der Waals surface area contributed by atoms with E-state index in [1.165, 1.54) is 9.80 Å². The minimum absolute atomic E-state index is 0.173. The molecule has 2 aromatic rings. The summed E-state index contributed by atoms with van der Waals surface area (Å²) in [4.78, 5) is 43.0. The lowest BCUT2D eigenvalue weighted by Gasteiger charge is -2.50. The van der Waals surface area contributed by atoms with Crippen molar-refractivity contribution in [3.8, 4) is 0 Å². The van der Waals surface area contributed by atoms with Gasteiger partial charge in [-0.2, -0.15) is 0 Å². The molecule has 7 heteroatoms. The van der Waals surface area contributed by atoms with E-state index in [4.69, 9.17) is 11.6 Å². The molecule has 0 radical (unpaired) electrons. The molecule has 0 spiro atoms. The lowest BCUT2D eigenvalue weighted by molar-refractivity contribution is -0.129. The molecule has 2 heterocycles. The first-order valence-corrected chi connectivity index (χ1v) is 9.99. The Balaban J connectivity index is 1.88. The molecule has 6 nitrogen and oxygen atoms in total. The second kappa shape index (κ2) is 6.88. The molecule has 0 unspecified atom stereocenters.